The van der Waals surface area contributed by atoms with Crippen molar-refractivity contribution >= 4 is 5.97 Å². The second-order valence-electron chi connectivity index (χ2n) is 4.35. The minimum absolute atomic E-state index is 0.129. The number of ether oxygens (including phenoxy) is 2. The minimum Gasteiger partial charge on any atom is -0.461 e. The molecule has 0 amide bonds. The fraction of sp³-hybridized carbons (Fsp3) is 0.909. The second kappa shape index (κ2) is 6.18. The molecule has 5 heteroatoms. The van der Waals surface area contributed by atoms with Crippen LogP contribution in [0.2, 0.25) is 0 Å². The SMILES string of the molecule is COC1CCCC(OC(=O)C(N)C(C)O)C1. The van der Waals surface area contributed by atoms with E-state index in [0.29, 0.717) is 0 Å². The lowest BCUT2D eigenvalue weighted by molar-refractivity contribution is -0.156. The van der Waals surface area contributed by atoms with Gasteiger partial charge < -0.3 is 20.3 Å². The van der Waals surface area contributed by atoms with Crippen molar-refractivity contribution in [2.24, 2.45) is 5.73 Å². The van der Waals surface area contributed by atoms with E-state index in [2.05, 4.69) is 0 Å². The van der Waals surface area contributed by atoms with Crippen molar-refractivity contribution in [3.8, 4) is 0 Å². The van der Waals surface area contributed by atoms with E-state index in [4.69, 9.17) is 20.3 Å². The van der Waals surface area contributed by atoms with Crippen LogP contribution in [-0.4, -0.2) is 42.5 Å². The Hall–Kier alpha value is -0.650. The van der Waals surface area contributed by atoms with Crippen LogP contribution in [0.15, 0.2) is 0 Å². The topological polar surface area (TPSA) is 81.8 Å². The van der Waals surface area contributed by atoms with E-state index in [9.17, 15) is 4.79 Å². The number of hydrogen-bond acceptors (Lipinski definition) is 5. The summed E-state index contributed by atoms with van der Waals surface area (Å²) in [6, 6.07) is -0.956. The lowest BCUT2D eigenvalue weighted by Gasteiger charge is -2.29. The molecule has 0 saturated heterocycles. The van der Waals surface area contributed by atoms with E-state index in [-0.39, 0.29) is 12.2 Å². The highest BCUT2D eigenvalue weighted by atomic mass is 16.5. The molecule has 0 heterocycles. The quantitative estimate of drug-likeness (QED) is 0.675. The Kier molecular flexibility index (Phi) is 5.18. The van der Waals surface area contributed by atoms with Gasteiger partial charge in [0.1, 0.15) is 12.1 Å². The highest BCUT2D eigenvalue weighted by Crippen LogP contribution is 2.23. The smallest absolute Gasteiger partial charge is 0.325 e. The standard InChI is InChI=1S/C11H21NO4/c1-7(13)10(12)11(14)16-9-5-3-4-8(6-9)15-2/h7-10,13H,3-6,12H2,1-2H3. The van der Waals surface area contributed by atoms with Gasteiger partial charge in [-0.25, -0.2) is 0 Å². The van der Waals surface area contributed by atoms with Crippen LogP contribution in [0.4, 0.5) is 0 Å². The second-order valence-corrected chi connectivity index (χ2v) is 4.35. The zero-order valence-electron chi connectivity index (χ0n) is 9.89. The molecule has 0 radical (unpaired) electrons. The molecule has 1 saturated carbocycles. The highest BCUT2D eigenvalue weighted by molar-refractivity contribution is 5.76. The number of hydrogen-bond donors (Lipinski definition) is 2. The predicted molar refractivity (Wildman–Crippen MR) is 58.8 cm³/mol. The van der Waals surface area contributed by atoms with Crippen LogP contribution in [0.3, 0.4) is 0 Å². The third kappa shape index (κ3) is 3.73. The number of nitrogens with two attached hydrogens (primary N) is 1. The van der Waals surface area contributed by atoms with Crippen LogP contribution in [0.1, 0.15) is 32.6 Å². The van der Waals surface area contributed by atoms with Crippen LogP contribution in [-0.2, 0) is 14.3 Å². The first-order valence-corrected chi connectivity index (χ1v) is 5.71. The largest absolute Gasteiger partial charge is 0.461 e. The Labute approximate surface area is 95.9 Å². The van der Waals surface area contributed by atoms with Crippen molar-refractivity contribution in [1.82, 2.24) is 0 Å². The molecule has 0 aromatic heterocycles. The Morgan fingerprint density at radius 2 is 2.06 bits per heavy atom. The highest BCUT2D eigenvalue weighted by Gasteiger charge is 2.28. The summed E-state index contributed by atoms with van der Waals surface area (Å²) < 4.78 is 10.5. The van der Waals surface area contributed by atoms with Crippen molar-refractivity contribution in [2.45, 2.75) is 57.0 Å². The van der Waals surface area contributed by atoms with Gasteiger partial charge in [0.05, 0.1) is 12.2 Å². The monoisotopic (exact) mass is 231 g/mol. The number of methoxy groups -OCH3 is 1. The van der Waals surface area contributed by atoms with Gasteiger partial charge in [0.2, 0.25) is 0 Å². The molecule has 1 fully saturated rings. The predicted octanol–water partition coefficient (Wildman–Crippen LogP) is 0.195. The van der Waals surface area contributed by atoms with Gasteiger partial charge in [-0.05, 0) is 26.2 Å². The zero-order chi connectivity index (χ0) is 12.1. The first-order chi connectivity index (χ1) is 7.54. The van der Waals surface area contributed by atoms with E-state index >= 15 is 0 Å². The minimum atomic E-state index is -0.956. The van der Waals surface area contributed by atoms with Crippen molar-refractivity contribution in [3.05, 3.63) is 0 Å². The maximum Gasteiger partial charge on any atom is 0.325 e. The molecule has 0 bridgehead atoms. The molecule has 0 aromatic rings. The molecule has 5 nitrogen and oxygen atoms in total. The Morgan fingerprint density at radius 3 is 2.62 bits per heavy atom. The first-order valence-electron chi connectivity index (χ1n) is 5.71. The number of aliphatic hydroxyl groups excluding tert-OH is 1. The van der Waals surface area contributed by atoms with Gasteiger partial charge in [-0.1, -0.05) is 0 Å². The van der Waals surface area contributed by atoms with Crippen LogP contribution >= 0.6 is 0 Å². The van der Waals surface area contributed by atoms with E-state index in [1.807, 2.05) is 0 Å². The molecule has 16 heavy (non-hydrogen) atoms. The fourth-order valence-electron chi connectivity index (χ4n) is 1.86. The van der Waals surface area contributed by atoms with Gasteiger partial charge >= 0.3 is 5.97 Å². The molecule has 0 aliphatic heterocycles. The Morgan fingerprint density at radius 1 is 1.44 bits per heavy atom. The summed E-state index contributed by atoms with van der Waals surface area (Å²) in [5, 5.41) is 9.17. The molecule has 0 aromatic carbocycles. The number of carbonyl (C=O) groups is 1. The molecule has 1 aliphatic rings. The molecule has 4 unspecified atom stereocenters. The first kappa shape index (κ1) is 13.4. The third-order valence-electron chi connectivity index (χ3n) is 2.99. The summed E-state index contributed by atoms with van der Waals surface area (Å²) in [5.74, 6) is -0.531. The van der Waals surface area contributed by atoms with E-state index in [1.54, 1.807) is 7.11 Å². The van der Waals surface area contributed by atoms with Crippen LogP contribution in [0.5, 0.6) is 0 Å². The zero-order valence-corrected chi connectivity index (χ0v) is 9.89. The molecule has 0 spiro atoms. The molecule has 4 atom stereocenters. The maximum atomic E-state index is 11.5. The summed E-state index contributed by atoms with van der Waals surface area (Å²) in [7, 11) is 1.66. The van der Waals surface area contributed by atoms with Crippen LogP contribution < -0.4 is 5.73 Å². The van der Waals surface area contributed by atoms with Gasteiger partial charge in [0.15, 0.2) is 0 Å². The molecular weight excluding hydrogens is 210 g/mol. The average Bonchev–Trinajstić information content (AvgIpc) is 2.28. The van der Waals surface area contributed by atoms with Gasteiger partial charge in [-0.2, -0.15) is 0 Å². The lowest BCUT2D eigenvalue weighted by Crippen LogP contribution is -2.43. The molecule has 94 valence electrons. The summed E-state index contributed by atoms with van der Waals surface area (Å²) >= 11 is 0. The van der Waals surface area contributed by atoms with Crippen molar-refractivity contribution in [2.75, 3.05) is 7.11 Å². The van der Waals surface area contributed by atoms with Gasteiger partial charge in [0, 0.05) is 13.5 Å². The number of aliphatic hydroxyl groups is 1. The van der Waals surface area contributed by atoms with E-state index < -0.39 is 18.1 Å². The summed E-state index contributed by atoms with van der Waals surface area (Å²) in [6.07, 6.45) is 2.71. The average molecular weight is 231 g/mol. The molecule has 1 aliphatic carbocycles. The van der Waals surface area contributed by atoms with Crippen LogP contribution in [0, 0.1) is 0 Å². The summed E-state index contributed by atoms with van der Waals surface area (Å²) in [4.78, 5) is 11.5. The molecule has 1 rings (SSSR count). The molecule has 3 N–H and O–H groups in total. The van der Waals surface area contributed by atoms with Crippen molar-refractivity contribution < 1.29 is 19.4 Å². The number of carbonyl (C=O) groups excluding carboxylic acids is 1. The van der Waals surface area contributed by atoms with E-state index in [1.165, 1.54) is 6.92 Å². The van der Waals surface area contributed by atoms with Gasteiger partial charge in [-0.15, -0.1) is 0 Å². The van der Waals surface area contributed by atoms with Gasteiger partial charge in [-0.3, -0.25) is 4.79 Å². The molecular formula is C11H21NO4. The number of esters is 1. The van der Waals surface area contributed by atoms with Crippen molar-refractivity contribution in [3.63, 3.8) is 0 Å². The number of rotatable bonds is 4. The Balaban J connectivity index is 2.38. The summed E-state index contributed by atoms with van der Waals surface area (Å²) in [5.41, 5.74) is 5.49. The third-order valence-corrected chi connectivity index (χ3v) is 2.99. The fourth-order valence-corrected chi connectivity index (χ4v) is 1.86. The van der Waals surface area contributed by atoms with Crippen molar-refractivity contribution in [1.29, 1.82) is 0 Å². The summed E-state index contributed by atoms with van der Waals surface area (Å²) in [6.45, 7) is 1.48. The maximum absolute atomic E-state index is 11.5. The lowest BCUT2D eigenvalue weighted by atomic mass is 9.95. The van der Waals surface area contributed by atoms with Crippen LogP contribution in [0.25, 0.3) is 0 Å². The Bertz CT molecular complexity index is 232. The van der Waals surface area contributed by atoms with E-state index in [0.717, 1.165) is 25.7 Å². The normalized spacial score (nSPS) is 29.5. The van der Waals surface area contributed by atoms with Gasteiger partial charge in [0.25, 0.3) is 0 Å².